The quantitative estimate of drug-likeness (QED) is 0.255. The maximum Gasteiger partial charge on any atom is 0.240 e. The summed E-state index contributed by atoms with van der Waals surface area (Å²) in [6, 6.07) is 14.8. The van der Waals surface area contributed by atoms with E-state index in [0.717, 1.165) is 23.4 Å². The molecule has 2 N–H and O–H groups in total. The van der Waals surface area contributed by atoms with Crippen LogP contribution in [-0.2, 0) is 4.79 Å². The Hall–Kier alpha value is -2.57. The van der Waals surface area contributed by atoms with Crippen LogP contribution in [-0.4, -0.2) is 41.6 Å². The van der Waals surface area contributed by atoms with Crippen LogP contribution >= 0.6 is 11.6 Å². The van der Waals surface area contributed by atoms with Crippen molar-refractivity contribution >= 4 is 17.5 Å². The number of carbonyl (C=O) groups is 1. The van der Waals surface area contributed by atoms with Crippen molar-refractivity contribution in [3.63, 3.8) is 0 Å². The van der Waals surface area contributed by atoms with Gasteiger partial charge in [0.15, 0.2) is 0 Å². The molecule has 0 aromatic heterocycles. The predicted molar refractivity (Wildman–Crippen MR) is 126 cm³/mol. The SMILES string of the molecule is Cc1ccc([C@@H](O)N[C@@H](C(=O)N2CCC(c3ccc(Cl)cc3)CC2)C(C)CN=[N+]=[N-])cc1. The van der Waals surface area contributed by atoms with Crippen molar-refractivity contribution in [3.8, 4) is 0 Å². The van der Waals surface area contributed by atoms with Crippen LogP contribution in [0.4, 0.5) is 0 Å². The fraction of sp³-hybridized carbons (Fsp3) is 0.458. The van der Waals surface area contributed by atoms with Crippen LogP contribution in [0.3, 0.4) is 0 Å². The first-order valence-electron chi connectivity index (χ1n) is 10.9. The van der Waals surface area contributed by atoms with E-state index < -0.39 is 12.3 Å². The number of piperidine rings is 1. The van der Waals surface area contributed by atoms with E-state index >= 15 is 0 Å². The van der Waals surface area contributed by atoms with Gasteiger partial charge >= 0.3 is 0 Å². The molecule has 170 valence electrons. The Balaban J connectivity index is 1.68. The van der Waals surface area contributed by atoms with Gasteiger partial charge in [0.25, 0.3) is 0 Å². The molecule has 32 heavy (non-hydrogen) atoms. The lowest BCUT2D eigenvalue weighted by Gasteiger charge is -2.36. The highest BCUT2D eigenvalue weighted by Gasteiger charge is 2.33. The van der Waals surface area contributed by atoms with Gasteiger partial charge in [-0.1, -0.05) is 65.6 Å². The number of aryl methyl sites for hydroxylation is 1. The minimum atomic E-state index is -0.996. The first-order valence-corrected chi connectivity index (χ1v) is 11.3. The van der Waals surface area contributed by atoms with Crippen LogP contribution in [0, 0.1) is 12.8 Å². The minimum absolute atomic E-state index is 0.0774. The molecule has 3 atom stereocenters. The molecule has 0 saturated carbocycles. The highest BCUT2D eigenvalue weighted by Crippen LogP contribution is 2.29. The fourth-order valence-corrected chi connectivity index (χ4v) is 4.26. The van der Waals surface area contributed by atoms with Crippen LogP contribution in [0.25, 0.3) is 10.4 Å². The zero-order chi connectivity index (χ0) is 23.1. The van der Waals surface area contributed by atoms with Gasteiger partial charge in [0.2, 0.25) is 5.91 Å². The van der Waals surface area contributed by atoms with Gasteiger partial charge in [-0.25, -0.2) is 0 Å². The number of rotatable bonds is 8. The number of nitrogens with zero attached hydrogens (tertiary/aromatic N) is 4. The summed E-state index contributed by atoms with van der Waals surface area (Å²) >= 11 is 6.00. The van der Waals surface area contributed by atoms with E-state index in [-0.39, 0.29) is 18.4 Å². The summed E-state index contributed by atoms with van der Waals surface area (Å²) in [6.07, 6.45) is 0.737. The van der Waals surface area contributed by atoms with E-state index in [0.29, 0.717) is 24.6 Å². The molecule has 1 unspecified atom stereocenters. The number of amides is 1. The standard InChI is InChI=1S/C24H30ClN5O2/c1-16-3-5-20(6-4-16)23(31)28-22(17(2)15-27-29-26)24(32)30-13-11-19(12-14-30)18-7-9-21(25)10-8-18/h3-10,17,19,22-23,28,31H,11-15H2,1-2H3/t17?,22-,23-/m1/s1. The van der Waals surface area contributed by atoms with Gasteiger partial charge < -0.3 is 10.0 Å². The molecule has 1 heterocycles. The zero-order valence-electron chi connectivity index (χ0n) is 18.5. The molecular weight excluding hydrogens is 426 g/mol. The summed E-state index contributed by atoms with van der Waals surface area (Å²) in [5, 5.41) is 18.2. The second-order valence-electron chi connectivity index (χ2n) is 8.50. The van der Waals surface area contributed by atoms with Gasteiger partial charge in [-0.05, 0) is 60.4 Å². The van der Waals surface area contributed by atoms with Gasteiger partial charge in [-0.15, -0.1) is 0 Å². The first kappa shape index (κ1) is 24.1. The molecule has 2 aromatic rings. The van der Waals surface area contributed by atoms with E-state index in [9.17, 15) is 9.90 Å². The number of carbonyl (C=O) groups excluding carboxylic acids is 1. The molecule has 1 saturated heterocycles. The molecule has 1 aliphatic heterocycles. The van der Waals surface area contributed by atoms with Crippen molar-refractivity contribution < 1.29 is 9.90 Å². The Labute approximate surface area is 194 Å². The molecule has 7 nitrogen and oxygen atoms in total. The van der Waals surface area contributed by atoms with Crippen LogP contribution in [0.5, 0.6) is 0 Å². The fourth-order valence-electron chi connectivity index (χ4n) is 4.13. The van der Waals surface area contributed by atoms with Crippen molar-refractivity contribution in [2.75, 3.05) is 19.6 Å². The minimum Gasteiger partial charge on any atom is -0.374 e. The molecule has 1 amide bonds. The largest absolute Gasteiger partial charge is 0.374 e. The molecule has 0 bridgehead atoms. The third-order valence-corrected chi connectivity index (χ3v) is 6.40. The van der Waals surface area contributed by atoms with Crippen molar-refractivity contribution in [3.05, 3.63) is 80.7 Å². The molecule has 3 rings (SSSR count). The van der Waals surface area contributed by atoms with Crippen LogP contribution < -0.4 is 5.32 Å². The van der Waals surface area contributed by atoms with E-state index in [4.69, 9.17) is 17.1 Å². The Morgan fingerprint density at radius 2 is 1.84 bits per heavy atom. The van der Waals surface area contributed by atoms with Crippen molar-refractivity contribution in [1.82, 2.24) is 10.2 Å². The maximum atomic E-state index is 13.4. The molecule has 0 aliphatic carbocycles. The number of aliphatic hydroxyl groups excluding tert-OH is 1. The lowest BCUT2D eigenvalue weighted by Crippen LogP contribution is -2.53. The molecule has 0 spiro atoms. The normalized spacial score (nSPS) is 17.3. The summed E-state index contributed by atoms with van der Waals surface area (Å²) in [5.74, 6) is 0.0420. The lowest BCUT2D eigenvalue weighted by atomic mass is 9.89. The van der Waals surface area contributed by atoms with E-state index in [1.54, 1.807) is 0 Å². The number of nitrogens with one attached hydrogen (secondary N) is 1. The molecule has 1 fully saturated rings. The average Bonchev–Trinajstić information content (AvgIpc) is 2.81. The Bertz CT molecular complexity index is 936. The Morgan fingerprint density at radius 1 is 1.22 bits per heavy atom. The number of aliphatic hydroxyl groups is 1. The molecular formula is C24H30ClN5O2. The van der Waals surface area contributed by atoms with Gasteiger partial charge in [-0.2, -0.15) is 0 Å². The number of azide groups is 1. The third-order valence-electron chi connectivity index (χ3n) is 6.15. The third kappa shape index (κ3) is 6.24. The van der Waals surface area contributed by atoms with Crippen LogP contribution in [0.2, 0.25) is 5.02 Å². The first-order chi connectivity index (χ1) is 15.4. The number of hydrogen-bond acceptors (Lipinski definition) is 4. The maximum absolute atomic E-state index is 13.4. The summed E-state index contributed by atoms with van der Waals surface area (Å²) in [4.78, 5) is 18.1. The Kier molecular flexibility index (Phi) is 8.53. The average molecular weight is 456 g/mol. The summed E-state index contributed by atoms with van der Waals surface area (Å²) in [7, 11) is 0. The lowest BCUT2D eigenvalue weighted by molar-refractivity contribution is -0.137. The van der Waals surface area contributed by atoms with Crippen LogP contribution in [0.1, 0.15) is 48.6 Å². The highest BCUT2D eigenvalue weighted by molar-refractivity contribution is 6.30. The molecule has 2 aromatic carbocycles. The van der Waals surface area contributed by atoms with E-state index in [1.807, 2.05) is 55.1 Å². The molecule has 8 heteroatoms. The van der Waals surface area contributed by atoms with Crippen molar-refractivity contribution in [2.45, 2.75) is 44.9 Å². The molecule has 0 radical (unpaired) electrons. The Morgan fingerprint density at radius 3 is 2.44 bits per heavy atom. The number of benzene rings is 2. The van der Waals surface area contributed by atoms with Gasteiger partial charge in [-0.3, -0.25) is 10.1 Å². The van der Waals surface area contributed by atoms with Crippen LogP contribution in [0.15, 0.2) is 53.6 Å². The van der Waals surface area contributed by atoms with Crippen molar-refractivity contribution in [1.29, 1.82) is 0 Å². The summed E-state index contributed by atoms with van der Waals surface area (Å²) in [5.41, 5.74) is 11.7. The number of likely N-dealkylation sites (tertiary alicyclic amines) is 1. The predicted octanol–water partition coefficient (Wildman–Crippen LogP) is 4.95. The monoisotopic (exact) mass is 455 g/mol. The number of hydrogen-bond donors (Lipinski definition) is 2. The molecule has 1 aliphatic rings. The number of halogens is 1. The second-order valence-corrected chi connectivity index (χ2v) is 8.94. The van der Waals surface area contributed by atoms with Gasteiger partial charge in [0.05, 0.1) is 6.04 Å². The van der Waals surface area contributed by atoms with Gasteiger partial charge in [0, 0.05) is 29.6 Å². The topological polar surface area (TPSA) is 101 Å². The smallest absolute Gasteiger partial charge is 0.240 e. The van der Waals surface area contributed by atoms with Crippen molar-refractivity contribution in [2.24, 2.45) is 11.0 Å². The second kappa shape index (κ2) is 11.3. The van der Waals surface area contributed by atoms with E-state index in [1.165, 1.54) is 5.56 Å². The van der Waals surface area contributed by atoms with E-state index in [2.05, 4.69) is 27.5 Å². The van der Waals surface area contributed by atoms with Gasteiger partial charge in [0.1, 0.15) is 6.23 Å². The summed E-state index contributed by atoms with van der Waals surface area (Å²) < 4.78 is 0. The highest BCUT2D eigenvalue weighted by atomic mass is 35.5. The zero-order valence-corrected chi connectivity index (χ0v) is 19.2. The summed E-state index contributed by atoms with van der Waals surface area (Å²) in [6.45, 7) is 5.28.